The molecule has 3 aliphatic rings. The molecule has 10 rings (SSSR count). The Hall–Kier alpha value is -6.26. The molecule has 0 unspecified atom stereocenters. The largest absolute Gasteiger partial charge is 0.497 e. The highest BCUT2D eigenvalue weighted by atomic mass is 28.4. The average molecular weight is 1100 g/mol. The lowest BCUT2D eigenvalue weighted by Gasteiger charge is -2.49. The van der Waals surface area contributed by atoms with Gasteiger partial charge in [0.15, 0.2) is 5.79 Å². The zero-order chi connectivity index (χ0) is 55.4. The highest BCUT2D eigenvalue weighted by Gasteiger charge is 2.57. The van der Waals surface area contributed by atoms with Gasteiger partial charge in [-0.05, 0) is 75.3 Å². The predicted molar refractivity (Wildman–Crippen MR) is 312 cm³/mol. The van der Waals surface area contributed by atoms with Crippen molar-refractivity contribution in [1.82, 2.24) is 0 Å². The van der Waals surface area contributed by atoms with Gasteiger partial charge in [-0.15, -0.1) is 0 Å². The second kappa shape index (κ2) is 26.6. The molecule has 0 N–H and O–H groups in total. The van der Waals surface area contributed by atoms with Crippen LogP contribution in [0.25, 0.3) is 0 Å². The van der Waals surface area contributed by atoms with Crippen molar-refractivity contribution in [3.05, 3.63) is 246 Å². The van der Waals surface area contributed by atoms with Gasteiger partial charge in [0.25, 0.3) is 8.32 Å². The second-order valence-corrected chi connectivity index (χ2v) is 26.6. The van der Waals surface area contributed by atoms with E-state index in [9.17, 15) is 0 Å². The Bertz CT molecular complexity index is 2940. The third-order valence-corrected chi connectivity index (χ3v) is 20.1. The summed E-state index contributed by atoms with van der Waals surface area (Å²) in [6.45, 7) is 12.4. The Balaban J connectivity index is 1.08. The predicted octanol–water partition coefficient (Wildman–Crippen LogP) is 11.7. The monoisotopic (exact) mass is 1100 g/mol. The summed E-state index contributed by atoms with van der Waals surface area (Å²) in [7, 11) is -1.41. The molecule has 3 aliphatic heterocycles. The molecule has 0 spiro atoms. The van der Waals surface area contributed by atoms with Crippen molar-refractivity contribution in [2.45, 2.75) is 133 Å². The fourth-order valence-corrected chi connectivity index (χ4v) is 15.8. The normalized spacial score (nSPS) is 23.1. The van der Waals surface area contributed by atoms with E-state index in [0.29, 0.717) is 19.0 Å². The number of fused-ring (bicyclic) bond motifs is 1. The molecule has 0 bridgehead atoms. The quantitative estimate of drug-likeness (QED) is 0.0541. The fourth-order valence-electron chi connectivity index (χ4n) is 11.3. The number of benzene rings is 7. The molecule has 0 radical (unpaired) electrons. The summed E-state index contributed by atoms with van der Waals surface area (Å²) in [4.78, 5) is 0. The molecule has 12 heteroatoms. The summed E-state index contributed by atoms with van der Waals surface area (Å²) < 4.78 is 77.6. The molecule has 7 aromatic rings. The van der Waals surface area contributed by atoms with E-state index in [1.807, 2.05) is 117 Å². The van der Waals surface area contributed by atoms with Crippen molar-refractivity contribution in [1.29, 1.82) is 0 Å². The zero-order valence-corrected chi connectivity index (χ0v) is 47.8. The Morgan fingerprint density at radius 3 is 1.46 bits per heavy atom. The first-order valence-electron chi connectivity index (χ1n) is 27.9. The lowest BCUT2D eigenvalue weighted by atomic mass is 9.89. The van der Waals surface area contributed by atoms with Gasteiger partial charge in [0.05, 0.1) is 53.4 Å². The van der Waals surface area contributed by atoms with Crippen molar-refractivity contribution < 1.29 is 51.8 Å². The lowest BCUT2D eigenvalue weighted by molar-refractivity contribution is -0.291. The smallest absolute Gasteiger partial charge is 0.261 e. The third kappa shape index (κ3) is 13.9. The molecule has 0 amide bonds. The van der Waals surface area contributed by atoms with Crippen LogP contribution in [0.1, 0.15) is 62.4 Å². The molecular formula is C68H76O11Si. The van der Waals surface area contributed by atoms with Crippen LogP contribution in [-0.4, -0.2) is 89.4 Å². The van der Waals surface area contributed by atoms with Crippen molar-refractivity contribution in [3.8, 4) is 5.75 Å². The van der Waals surface area contributed by atoms with Crippen LogP contribution in [-0.2, 0) is 80.1 Å². The average Bonchev–Trinajstić information content (AvgIpc) is 3.87. The van der Waals surface area contributed by atoms with E-state index in [0.717, 1.165) is 43.9 Å². The van der Waals surface area contributed by atoms with E-state index in [1.54, 1.807) is 7.11 Å². The van der Waals surface area contributed by atoms with Crippen LogP contribution in [0.2, 0.25) is 5.04 Å². The summed E-state index contributed by atoms with van der Waals surface area (Å²) in [6, 6.07) is 69.8. The van der Waals surface area contributed by atoms with Crippen LogP contribution < -0.4 is 15.1 Å². The van der Waals surface area contributed by atoms with E-state index in [4.69, 9.17) is 51.8 Å². The molecule has 2 saturated heterocycles. The van der Waals surface area contributed by atoms with Crippen LogP contribution in [0.3, 0.4) is 0 Å². The summed E-state index contributed by atoms with van der Waals surface area (Å²) >= 11 is 0. The molecule has 3 heterocycles. The van der Waals surface area contributed by atoms with E-state index >= 15 is 0 Å². The minimum atomic E-state index is -3.08. The molecule has 0 aliphatic carbocycles. The van der Waals surface area contributed by atoms with Gasteiger partial charge in [0.2, 0.25) is 0 Å². The molecule has 80 heavy (non-hydrogen) atoms. The first-order chi connectivity index (χ1) is 39.0. The van der Waals surface area contributed by atoms with Gasteiger partial charge in [0, 0.05) is 0 Å². The lowest BCUT2D eigenvalue weighted by Crippen LogP contribution is -2.67. The van der Waals surface area contributed by atoms with Crippen molar-refractivity contribution in [3.63, 3.8) is 0 Å². The summed E-state index contributed by atoms with van der Waals surface area (Å²) in [5.74, 6) is 0.302. The molecule has 0 aromatic heterocycles. The van der Waals surface area contributed by atoms with Gasteiger partial charge in [-0.25, -0.2) is 0 Å². The van der Waals surface area contributed by atoms with Crippen molar-refractivity contribution in [2.75, 3.05) is 20.3 Å². The Labute approximate surface area is 473 Å². The number of hydrogen-bond acceptors (Lipinski definition) is 11. The molecular weight excluding hydrogens is 1020 g/mol. The molecule has 7 aromatic carbocycles. The molecule has 2 fully saturated rings. The molecule has 11 nitrogen and oxygen atoms in total. The maximum atomic E-state index is 7.67. The van der Waals surface area contributed by atoms with E-state index in [2.05, 4.69) is 130 Å². The highest BCUT2D eigenvalue weighted by molar-refractivity contribution is 6.99. The third-order valence-electron chi connectivity index (χ3n) is 15.1. The summed E-state index contributed by atoms with van der Waals surface area (Å²) in [5, 5.41) is 2.02. The van der Waals surface area contributed by atoms with Gasteiger partial charge in [-0.2, -0.15) is 0 Å². The first kappa shape index (κ1) is 57.0. The fraction of sp³-hybridized carbons (Fsp3) is 0.353. The van der Waals surface area contributed by atoms with Gasteiger partial charge >= 0.3 is 0 Å². The Morgan fingerprint density at radius 1 is 0.500 bits per heavy atom. The Morgan fingerprint density at radius 2 is 0.963 bits per heavy atom. The number of hydrogen-bond donors (Lipinski definition) is 0. The van der Waals surface area contributed by atoms with Crippen LogP contribution in [0, 0.1) is 0 Å². The molecule has 418 valence electrons. The highest BCUT2D eigenvalue weighted by Crippen LogP contribution is 2.43. The first-order valence-corrected chi connectivity index (χ1v) is 29.8. The minimum Gasteiger partial charge on any atom is -0.497 e. The van der Waals surface area contributed by atoms with E-state index < -0.39 is 69.0 Å². The van der Waals surface area contributed by atoms with Crippen LogP contribution in [0.15, 0.2) is 218 Å². The van der Waals surface area contributed by atoms with E-state index in [-0.39, 0.29) is 38.1 Å². The number of rotatable bonds is 24. The summed E-state index contributed by atoms with van der Waals surface area (Å²) in [5.41, 5.74) is 4.93. The SMILES string of the molecule is COc1ccc(CO[C@H](C2=C[C@H]3OC(C)(C)O[C@H]3[C@@H](CO[Si](c3ccccc3)(c3ccccc3)C(C)(C)C)O2)[C@H]2O[C@H](COCc3ccccc3)[C@@H](OCc3ccccc3)[C@H](OCc3ccccc3)[C@@H]2OCc2ccccc2)cc1. The minimum absolute atomic E-state index is 0.164. The Kier molecular flexibility index (Phi) is 18.9. The van der Waals surface area contributed by atoms with E-state index in [1.165, 1.54) is 0 Å². The maximum absolute atomic E-state index is 7.67. The van der Waals surface area contributed by atoms with Gasteiger partial charge in [0.1, 0.15) is 66.4 Å². The maximum Gasteiger partial charge on any atom is 0.261 e. The van der Waals surface area contributed by atoms with Gasteiger partial charge in [-0.1, -0.05) is 215 Å². The van der Waals surface area contributed by atoms with Gasteiger partial charge < -0.3 is 51.8 Å². The topological polar surface area (TPSA) is 102 Å². The van der Waals surface area contributed by atoms with Crippen LogP contribution in [0.4, 0.5) is 0 Å². The van der Waals surface area contributed by atoms with Gasteiger partial charge in [-0.3, -0.25) is 0 Å². The van der Waals surface area contributed by atoms with Crippen molar-refractivity contribution >= 4 is 18.7 Å². The second-order valence-electron chi connectivity index (χ2n) is 22.3. The number of methoxy groups -OCH3 is 1. The summed E-state index contributed by atoms with van der Waals surface area (Å²) in [6.07, 6.45) is -4.42. The molecule has 0 saturated carbocycles. The standard InChI is InChI=1S/C68H76O11Si/c1-67(2,3)80(55-33-21-11-22-34-55,56-35-23-12-24-36-56)75-48-60-61-58(78-68(4,5)79-61)41-57(76-60)62(71-46-53-37-39-54(69-6)40-38-53)66-65(74-45-52-31-19-10-20-32-52)64(73-44-51-29-17-9-18-30-51)63(72-43-50-27-15-8-16-28-50)59(77-66)47-70-42-49-25-13-7-14-26-49/h7-41,58-66H,42-48H2,1-6H3/t58-,59-,60-,61-,62-,63-,64+,65+,66-/m1/s1. The van der Waals surface area contributed by atoms with Crippen molar-refractivity contribution in [2.24, 2.45) is 0 Å². The van der Waals surface area contributed by atoms with Crippen LogP contribution >= 0.6 is 0 Å². The zero-order valence-electron chi connectivity index (χ0n) is 46.8. The van der Waals surface area contributed by atoms with Crippen LogP contribution in [0.5, 0.6) is 5.75 Å². The molecule has 9 atom stereocenters. The number of ether oxygens (including phenoxy) is 10.